The first-order valence-electron chi connectivity index (χ1n) is 4.50. The number of nitrogens with zero attached hydrogens (tertiary/aromatic N) is 2. The minimum absolute atomic E-state index is 0.0310. The van der Waals surface area contributed by atoms with Crippen molar-refractivity contribution >= 4 is 17.2 Å². The Kier molecular flexibility index (Phi) is 2.21. The summed E-state index contributed by atoms with van der Waals surface area (Å²) in [5.41, 5.74) is 8.54. The standard InChI is InChI=1S/C10H12ClN3/c1-6(12)8-4-3-5-14-9(11)7(2)13-10(8)14/h3-6H,12H2,1-2H3. The van der Waals surface area contributed by atoms with E-state index in [2.05, 4.69) is 4.98 Å². The maximum Gasteiger partial charge on any atom is 0.143 e. The number of imidazole rings is 1. The van der Waals surface area contributed by atoms with Crippen LogP contribution in [-0.4, -0.2) is 9.38 Å². The average Bonchev–Trinajstić information content (AvgIpc) is 2.43. The second-order valence-electron chi connectivity index (χ2n) is 3.43. The maximum atomic E-state index is 6.08. The molecule has 2 heterocycles. The first kappa shape index (κ1) is 9.49. The molecule has 0 aliphatic rings. The Labute approximate surface area is 87.5 Å². The van der Waals surface area contributed by atoms with E-state index in [9.17, 15) is 0 Å². The summed E-state index contributed by atoms with van der Waals surface area (Å²) in [4.78, 5) is 4.38. The topological polar surface area (TPSA) is 43.3 Å². The smallest absolute Gasteiger partial charge is 0.143 e. The zero-order chi connectivity index (χ0) is 10.3. The van der Waals surface area contributed by atoms with Crippen molar-refractivity contribution in [1.29, 1.82) is 0 Å². The molecule has 0 aliphatic carbocycles. The molecule has 74 valence electrons. The summed E-state index contributed by atoms with van der Waals surface area (Å²) in [6.07, 6.45) is 1.89. The van der Waals surface area contributed by atoms with Gasteiger partial charge in [0.25, 0.3) is 0 Å². The first-order chi connectivity index (χ1) is 6.61. The molecule has 0 amide bonds. The van der Waals surface area contributed by atoms with Crippen LogP contribution >= 0.6 is 11.6 Å². The predicted octanol–water partition coefficient (Wildman–Crippen LogP) is 2.32. The third-order valence-electron chi connectivity index (χ3n) is 2.27. The molecule has 0 spiro atoms. The monoisotopic (exact) mass is 209 g/mol. The van der Waals surface area contributed by atoms with Gasteiger partial charge in [-0.2, -0.15) is 0 Å². The second-order valence-corrected chi connectivity index (χ2v) is 3.79. The predicted molar refractivity (Wildman–Crippen MR) is 57.5 cm³/mol. The Bertz CT molecular complexity index is 473. The fraction of sp³-hybridized carbons (Fsp3) is 0.300. The third kappa shape index (κ3) is 1.29. The van der Waals surface area contributed by atoms with Crippen LogP contribution in [0.25, 0.3) is 5.65 Å². The summed E-state index contributed by atoms with van der Waals surface area (Å²) in [5.74, 6) is 0. The van der Waals surface area contributed by atoms with E-state index in [1.54, 1.807) is 0 Å². The normalized spacial score (nSPS) is 13.4. The van der Waals surface area contributed by atoms with Gasteiger partial charge in [0.15, 0.2) is 0 Å². The van der Waals surface area contributed by atoms with E-state index in [0.717, 1.165) is 16.9 Å². The maximum absolute atomic E-state index is 6.08. The van der Waals surface area contributed by atoms with Crippen LogP contribution in [0.5, 0.6) is 0 Å². The van der Waals surface area contributed by atoms with E-state index < -0.39 is 0 Å². The first-order valence-corrected chi connectivity index (χ1v) is 4.87. The minimum atomic E-state index is -0.0310. The molecule has 4 heteroatoms. The highest BCUT2D eigenvalue weighted by Gasteiger charge is 2.11. The Balaban J connectivity index is 2.81. The van der Waals surface area contributed by atoms with E-state index in [4.69, 9.17) is 17.3 Å². The van der Waals surface area contributed by atoms with Gasteiger partial charge < -0.3 is 5.73 Å². The number of fused-ring (bicyclic) bond motifs is 1. The van der Waals surface area contributed by atoms with Gasteiger partial charge in [0.1, 0.15) is 10.8 Å². The Hall–Kier alpha value is -1.06. The molecule has 3 nitrogen and oxygen atoms in total. The number of aryl methyl sites for hydroxylation is 1. The SMILES string of the molecule is Cc1nc2c(C(C)N)cccn2c1Cl. The molecule has 0 saturated carbocycles. The van der Waals surface area contributed by atoms with Crippen molar-refractivity contribution in [2.75, 3.05) is 0 Å². The number of rotatable bonds is 1. The van der Waals surface area contributed by atoms with Crippen molar-refractivity contribution in [2.45, 2.75) is 19.9 Å². The molecule has 2 rings (SSSR count). The van der Waals surface area contributed by atoms with Crippen LogP contribution in [0.2, 0.25) is 5.15 Å². The molecular formula is C10H12ClN3. The van der Waals surface area contributed by atoms with Crippen LogP contribution in [0.4, 0.5) is 0 Å². The summed E-state index contributed by atoms with van der Waals surface area (Å²) < 4.78 is 1.86. The summed E-state index contributed by atoms with van der Waals surface area (Å²) in [6, 6.07) is 3.87. The highest BCUT2D eigenvalue weighted by Crippen LogP contribution is 2.22. The van der Waals surface area contributed by atoms with Gasteiger partial charge in [-0.05, 0) is 19.9 Å². The van der Waals surface area contributed by atoms with E-state index in [1.807, 2.05) is 36.6 Å². The number of aromatic nitrogens is 2. The molecule has 1 atom stereocenters. The quantitative estimate of drug-likeness (QED) is 0.784. The zero-order valence-corrected chi connectivity index (χ0v) is 8.92. The van der Waals surface area contributed by atoms with Gasteiger partial charge in [0.05, 0.1) is 5.69 Å². The lowest BCUT2D eigenvalue weighted by Gasteiger charge is -2.06. The number of hydrogen-bond acceptors (Lipinski definition) is 2. The molecular weight excluding hydrogens is 198 g/mol. The molecule has 0 aliphatic heterocycles. The van der Waals surface area contributed by atoms with Gasteiger partial charge in [-0.1, -0.05) is 17.7 Å². The second kappa shape index (κ2) is 3.26. The number of pyridine rings is 1. The van der Waals surface area contributed by atoms with Crippen LogP contribution in [0.3, 0.4) is 0 Å². The van der Waals surface area contributed by atoms with Gasteiger partial charge in [0, 0.05) is 17.8 Å². The fourth-order valence-corrected chi connectivity index (χ4v) is 1.71. The van der Waals surface area contributed by atoms with Gasteiger partial charge >= 0.3 is 0 Å². The highest BCUT2D eigenvalue weighted by atomic mass is 35.5. The fourth-order valence-electron chi connectivity index (χ4n) is 1.53. The van der Waals surface area contributed by atoms with Gasteiger partial charge in [-0.3, -0.25) is 4.40 Å². The molecule has 1 unspecified atom stereocenters. The Morgan fingerprint density at radius 2 is 2.29 bits per heavy atom. The summed E-state index contributed by atoms with van der Waals surface area (Å²) in [6.45, 7) is 3.83. The van der Waals surface area contributed by atoms with Crippen molar-refractivity contribution in [3.63, 3.8) is 0 Å². The Morgan fingerprint density at radius 3 is 2.93 bits per heavy atom. The molecule has 0 aromatic carbocycles. The van der Waals surface area contributed by atoms with Gasteiger partial charge in [-0.15, -0.1) is 0 Å². The van der Waals surface area contributed by atoms with E-state index >= 15 is 0 Å². The van der Waals surface area contributed by atoms with Crippen LogP contribution in [0, 0.1) is 6.92 Å². The van der Waals surface area contributed by atoms with E-state index in [1.165, 1.54) is 0 Å². The van der Waals surface area contributed by atoms with Gasteiger partial charge in [0.2, 0.25) is 0 Å². The van der Waals surface area contributed by atoms with Crippen LogP contribution in [0.1, 0.15) is 24.2 Å². The highest BCUT2D eigenvalue weighted by molar-refractivity contribution is 6.30. The lowest BCUT2D eigenvalue weighted by Crippen LogP contribution is -2.06. The number of nitrogens with two attached hydrogens (primary N) is 1. The molecule has 2 aromatic rings. The van der Waals surface area contributed by atoms with Crippen molar-refractivity contribution in [1.82, 2.24) is 9.38 Å². The largest absolute Gasteiger partial charge is 0.324 e. The molecule has 0 bridgehead atoms. The van der Waals surface area contributed by atoms with Crippen molar-refractivity contribution in [2.24, 2.45) is 5.73 Å². The summed E-state index contributed by atoms with van der Waals surface area (Å²) in [7, 11) is 0. The van der Waals surface area contributed by atoms with E-state index in [-0.39, 0.29) is 6.04 Å². The molecule has 2 N–H and O–H groups in total. The van der Waals surface area contributed by atoms with Gasteiger partial charge in [-0.25, -0.2) is 4.98 Å². The zero-order valence-electron chi connectivity index (χ0n) is 8.16. The lowest BCUT2D eigenvalue weighted by molar-refractivity contribution is 0.816. The van der Waals surface area contributed by atoms with Crippen molar-refractivity contribution in [3.8, 4) is 0 Å². The Morgan fingerprint density at radius 1 is 1.57 bits per heavy atom. The third-order valence-corrected chi connectivity index (χ3v) is 2.73. The van der Waals surface area contributed by atoms with Crippen LogP contribution in [0.15, 0.2) is 18.3 Å². The summed E-state index contributed by atoms with van der Waals surface area (Å²) in [5, 5.41) is 0.655. The number of halogens is 1. The molecule has 0 fully saturated rings. The molecule has 0 radical (unpaired) electrons. The molecule has 14 heavy (non-hydrogen) atoms. The molecule has 0 saturated heterocycles. The van der Waals surface area contributed by atoms with Crippen LogP contribution < -0.4 is 5.73 Å². The van der Waals surface area contributed by atoms with Crippen molar-refractivity contribution < 1.29 is 0 Å². The lowest BCUT2D eigenvalue weighted by atomic mass is 10.1. The average molecular weight is 210 g/mol. The minimum Gasteiger partial charge on any atom is -0.324 e. The summed E-state index contributed by atoms with van der Waals surface area (Å²) >= 11 is 6.08. The number of hydrogen-bond donors (Lipinski definition) is 1. The van der Waals surface area contributed by atoms with Crippen LogP contribution in [-0.2, 0) is 0 Å². The van der Waals surface area contributed by atoms with E-state index in [0.29, 0.717) is 5.15 Å². The molecule has 2 aromatic heterocycles. The van der Waals surface area contributed by atoms with Crippen molar-refractivity contribution in [3.05, 3.63) is 34.7 Å².